The normalized spacial score (nSPS) is 11.2. The van der Waals surface area contributed by atoms with Crippen molar-refractivity contribution in [3.05, 3.63) is 59.7 Å². The van der Waals surface area contributed by atoms with E-state index in [0.717, 1.165) is 5.56 Å². The minimum atomic E-state index is -3.50. The Morgan fingerprint density at radius 2 is 1.52 bits per heavy atom. The fourth-order valence-corrected chi connectivity index (χ4v) is 4.39. The molecule has 0 bridgehead atoms. The van der Waals surface area contributed by atoms with E-state index in [2.05, 4.69) is 10.9 Å². The molecule has 0 heterocycles. The van der Waals surface area contributed by atoms with Crippen LogP contribution in [0.1, 0.15) is 43.1 Å². The number of nitrogens with one attached hydrogen (secondary N) is 2. The Morgan fingerprint density at radius 1 is 0.903 bits per heavy atom. The maximum Gasteiger partial charge on any atom is 0.269 e. The molecular weight excluding hydrogens is 418 g/mol. The fourth-order valence-electron chi connectivity index (χ4n) is 2.93. The van der Waals surface area contributed by atoms with Crippen molar-refractivity contribution in [2.24, 2.45) is 0 Å². The van der Waals surface area contributed by atoms with Crippen LogP contribution in [0.3, 0.4) is 0 Å². The Kier molecular flexibility index (Phi) is 9.02. The lowest BCUT2D eigenvalue weighted by atomic mass is 10.1. The summed E-state index contributed by atoms with van der Waals surface area (Å²) < 4.78 is 31.7. The zero-order valence-electron chi connectivity index (χ0n) is 18.1. The third-order valence-electron chi connectivity index (χ3n) is 4.65. The van der Waals surface area contributed by atoms with Gasteiger partial charge < -0.3 is 4.74 Å². The molecule has 2 rings (SSSR count). The maximum atomic E-state index is 12.5. The van der Waals surface area contributed by atoms with Crippen molar-refractivity contribution in [1.82, 2.24) is 15.2 Å². The highest BCUT2D eigenvalue weighted by Gasteiger charge is 2.21. The Morgan fingerprint density at radius 3 is 2.06 bits per heavy atom. The van der Waals surface area contributed by atoms with Crippen LogP contribution in [0.15, 0.2) is 53.4 Å². The van der Waals surface area contributed by atoms with Crippen molar-refractivity contribution in [3.8, 4) is 5.75 Å². The van der Waals surface area contributed by atoms with E-state index in [-0.39, 0.29) is 17.2 Å². The van der Waals surface area contributed by atoms with Gasteiger partial charge in [0.1, 0.15) is 5.75 Å². The van der Waals surface area contributed by atoms with Crippen LogP contribution in [-0.4, -0.2) is 44.2 Å². The van der Waals surface area contributed by atoms with E-state index in [0.29, 0.717) is 37.4 Å². The molecule has 0 aliphatic carbocycles. The number of benzene rings is 2. The van der Waals surface area contributed by atoms with Crippen LogP contribution >= 0.6 is 0 Å². The van der Waals surface area contributed by atoms with Crippen LogP contribution in [0.2, 0.25) is 0 Å². The van der Waals surface area contributed by atoms with Gasteiger partial charge in [0.15, 0.2) is 0 Å². The summed E-state index contributed by atoms with van der Waals surface area (Å²) in [6.07, 6.45) is 0.558. The summed E-state index contributed by atoms with van der Waals surface area (Å²) in [5, 5.41) is 0. The van der Waals surface area contributed by atoms with Gasteiger partial charge in [-0.05, 0) is 55.3 Å². The topological polar surface area (TPSA) is 105 Å². The third kappa shape index (κ3) is 6.80. The summed E-state index contributed by atoms with van der Waals surface area (Å²) in [5.74, 6) is -0.111. The molecule has 0 unspecified atom stereocenters. The van der Waals surface area contributed by atoms with Crippen LogP contribution in [0.25, 0.3) is 0 Å². The quantitative estimate of drug-likeness (QED) is 0.545. The summed E-state index contributed by atoms with van der Waals surface area (Å²) in [5.41, 5.74) is 5.98. The van der Waals surface area contributed by atoms with Gasteiger partial charge in [-0.25, -0.2) is 8.42 Å². The summed E-state index contributed by atoms with van der Waals surface area (Å²) in [7, 11) is -3.50. The molecule has 2 aromatic rings. The van der Waals surface area contributed by atoms with Gasteiger partial charge in [0.2, 0.25) is 15.9 Å². The van der Waals surface area contributed by atoms with Crippen LogP contribution < -0.4 is 15.6 Å². The third-order valence-corrected chi connectivity index (χ3v) is 6.71. The van der Waals surface area contributed by atoms with Crippen LogP contribution in [0.5, 0.6) is 5.75 Å². The SMILES string of the molecule is CCOc1ccc(C(=O)NNC(=O)CCc2ccc(S(=O)(=O)N(CC)CC)cc2)cc1. The van der Waals surface area contributed by atoms with E-state index in [9.17, 15) is 18.0 Å². The molecule has 0 fully saturated rings. The van der Waals surface area contributed by atoms with Gasteiger partial charge in [-0.3, -0.25) is 20.4 Å². The lowest BCUT2D eigenvalue weighted by Gasteiger charge is -2.18. The number of sulfonamides is 1. The van der Waals surface area contributed by atoms with Crippen molar-refractivity contribution >= 4 is 21.8 Å². The summed E-state index contributed by atoms with van der Waals surface area (Å²) in [4.78, 5) is 24.4. The predicted octanol–water partition coefficient (Wildman–Crippen LogP) is 2.51. The molecule has 0 aliphatic rings. The second kappa shape index (κ2) is 11.5. The highest BCUT2D eigenvalue weighted by atomic mass is 32.2. The molecule has 0 aliphatic heterocycles. The van der Waals surface area contributed by atoms with Crippen molar-refractivity contribution < 1.29 is 22.7 Å². The summed E-state index contributed by atoms with van der Waals surface area (Å²) in [6, 6.07) is 13.1. The molecule has 8 nitrogen and oxygen atoms in total. The number of ether oxygens (including phenoxy) is 1. The minimum Gasteiger partial charge on any atom is -0.494 e. The summed E-state index contributed by atoms with van der Waals surface area (Å²) in [6.45, 7) is 6.81. The Bertz CT molecular complexity index is 969. The van der Waals surface area contributed by atoms with Crippen LogP contribution in [-0.2, 0) is 21.2 Å². The van der Waals surface area contributed by atoms with Gasteiger partial charge >= 0.3 is 0 Å². The number of carbonyl (C=O) groups excluding carboxylic acids is 2. The fraction of sp³-hybridized carbons (Fsp3) is 0.364. The van der Waals surface area contributed by atoms with E-state index < -0.39 is 15.9 Å². The molecule has 0 spiro atoms. The highest BCUT2D eigenvalue weighted by Crippen LogP contribution is 2.17. The molecule has 0 atom stereocenters. The molecule has 168 valence electrons. The zero-order valence-corrected chi connectivity index (χ0v) is 18.9. The predicted molar refractivity (Wildman–Crippen MR) is 118 cm³/mol. The first-order chi connectivity index (χ1) is 14.8. The van der Waals surface area contributed by atoms with Gasteiger partial charge in [0.05, 0.1) is 11.5 Å². The van der Waals surface area contributed by atoms with Gasteiger partial charge in [-0.15, -0.1) is 0 Å². The first-order valence-electron chi connectivity index (χ1n) is 10.2. The molecule has 2 aromatic carbocycles. The number of hydrogen-bond donors (Lipinski definition) is 2. The molecule has 31 heavy (non-hydrogen) atoms. The standard InChI is InChI=1S/C22H29N3O5S/c1-4-25(5-2)31(28,29)20-14-7-17(8-15-20)9-16-21(26)23-24-22(27)18-10-12-19(13-11-18)30-6-3/h7-8,10-15H,4-6,9,16H2,1-3H3,(H,23,26)(H,24,27). The molecule has 2 amide bonds. The van der Waals surface area contributed by atoms with Crippen LogP contribution in [0.4, 0.5) is 0 Å². The van der Waals surface area contributed by atoms with Crippen molar-refractivity contribution in [2.45, 2.75) is 38.5 Å². The highest BCUT2D eigenvalue weighted by molar-refractivity contribution is 7.89. The van der Waals surface area contributed by atoms with E-state index in [1.807, 2.05) is 6.92 Å². The molecule has 0 saturated carbocycles. The minimum absolute atomic E-state index is 0.145. The zero-order chi connectivity index (χ0) is 22.9. The molecule has 0 aromatic heterocycles. The smallest absolute Gasteiger partial charge is 0.269 e. The maximum absolute atomic E-state index is 12.5. The number of aryl methyl sites for hydroxylation is 1. The van der Waals surface area contributed by atoms with E-state index in [1.165, 1.54) is 4.31 Å². The molecule has 9 heteroatoms. The molecular formula is C22H29N3O5S. The second-order valence-corrected chi connectivity index (χ2v) is 8.63. The number of hydrazine groups is 1. The van der Waals surface area contributed by atoms with E-state index in [4.69, 9.17) is 4.74 Å². The van der Waals surface area contributed by atoms with E-state index in [1.54, 1.807) is 62.4 Å². The van der Waals surface area contributed by atoms with Crippen molar-refractivity contribution in [3.63, 3.8) is 0 Å². The first-order valence-corrected chi connectivity index (χ1v) is 11.7. The largest absolute Gasteiger partial charge is 0.494 e. The van der Waals surface area contributed by atoms with E-state index >= 15 is 0 Å². The Balaban J connectivity index is 1.84. The Hall–Kier alpha value is -2.91. The number of rotatable bonds is 10. The van der Waals surface area contributed by atoms with Crippen molar-refractivity contribution in [2.75, 3.05) is 19.7 Å². The lowest BCUT2D eigenvalue weighted by molar-refractivity contribution is -0.121. The average Bonchev–Trinajstić information content (AvgIpc) is 2.77. The number of amides is 2. The molecule has 2 N–H and O–H groups in total. The second-order valence-electron chi connectivity index (χ2n) is 6.69. The first kappa shape index (κ1) is 24.4. The lowest BCUT2D eigenvalue weighted by Crippen LogP contribution is -2.41. The number of carbonyl (C=O) groups is 2. The average molecular weight is 448 g/mol. The number of nitrogens with zero attached hydrogens (tertiary/aromatic N) is 1. The number of hydrogen-bond acceptors (Lipinski definition) is 5. The summed E-state index contributed by atoms with van der Waals surface area (Å²) >= 11 is 0. The van der Waals surface area contributed by atoms with Gasteiger partial charge in [0.25, 0.3) is 5.91 Å². The van der Waals surface area contributed by atoms with Gasteiger partial charge in [-0.1, -0.05) is 26.0 Å². The van der Waals surface area contributed by atoms with Crippen molar-refractivity contribution in [1.29, 1.82) is 0 Å². The molecule has 0 saturated heterocycles. The molecule has 0 radical (unpaired) electrons. The van der Waals surface area contributed by atoms with Crippen LogP contribution in [0, 0.1) is 0 Å². The van der Waals surface area contributed by atoms with Gasteiger partial charge in [-0.2, -0.15) is 4.31 Å². The monoisotopic (exact) mass is 447 g/mol. The van der Waals surface area contributed by atoms with Gasteiger partial charge in [0, 0.05) is 25.1 Å². The Labute approximate surface area is 183 Å².